The normalized spacial score (nSPS) is 12.3. The van der Waals surface area contributed by atoms with E-state index in [1.54, 1.807) is 0 Å². The molecule has 1 aromatic rings. The van der Waals surface area contributed by atoms with Crippen LogP contribution in [0.5, 0.6) is 0 Å². The van der Waals surface area contributed by atoms with Crippen molar-refractivity contribution in [3.63, 3.8) is 0 Å². The Bertz CT molecular complexity index is 412. The molecule has 0 saturated carbocycles. The fraction of sp³-hybridized carbons (Fsp3) is 0.562. The van der Waals surface area contributed by atoms with Crippen molar-refractivity contribution in [3.05, 3.63) is 29.8 Å². The van der Waals surface area contributed by atoms with Gasteiger partial charge in [-0.05, 0) is 38.2 Å². The summed E-state index contributed by atoms with van der Waals surface area (Å²) in [7, 11) is 8.14. The zero-order valence-electron chi connectivity index (χ0n) is 13.3. The summed E-state index contributed by atoms with van der Waals surface area (Å²) in [5, 5.41) is 3.01. The van der Waals surface area contributed by atoms with Crippen LogP contribution in [0.2, 0.25) is 0 Å². The fourth-order valence-corrected chi connectivity index (χ4v) is 2.12. The van der Waals surface area contributed by atoms with Gasteiger partial charge >= 0.3 is 0 Å². The minimum Gasteiger partial charge on any atom is -0.378 e. The number of nitrogens with one attached hydrogen (secondary N) is 1. The van der Waals surface area contributed by atoms with E-state index in [1.807, 2.05) is 35.1 Å². The molecule has 1 aromatic carbocycles. The van der Waals surface area contributed by atoms with Gasteiger partial charge in [-0.3, -0.25) is 4.79 Å². The Morgan fingerprint density at radius 1 is 1.15 bits per heavy atom. The van der Waals surface area contributed by atoms with E-state index in [1.165, 1.54) is 11.3 Å². The molecule has 1 amide bonds. The Morgan fingerprint density at radius 2 is 1.75 bits per heavy atom. The lowest BCUT2D eigenvalue weighted by Gasteiger charge is -2.25. The monoisotopic (exact) mass is 277 g/mol. The highest BCUT2D eigenvalue weighted by molar-refractivity contribution is 5.75. The number of amides is 1. The molecule has 0 spiro atoms. The standard InChI is InChI=1S/C16H27N3O/c1-6-7-16(20)17-12-15(19(4)5)13-8-10-14(11-9-13)18(2)3/h8-11,15H,6-7,12H2,1-5H3,(H,17,20)/t15-/m0/s1. The van der Waals surface area contributed by atoms with Crippen LogP contribution >= 0.6 is 0 Å². The molecule has 0 bridgehead atoms. The van der Waals surface area contributed by atoms with Gasteiger partial charge in [0.05, 0.1) is 6.04 Å². The zero-order valence-corrected chi connectivity index (χ0v) is 13.3. The molecule has 0 radical (unpaired) electrons. The van der Waals surface area contributed by atoms with Crippen LogP contribution in [0.1, 0.15) is 31.4 Å². The maximum absolute atomic E-state index is 11.6. The average molecular weight is 277 g/mol. The molecule has 20 heavy (non-hydrogen) atoms. The molecular formula is C16H27N3O. The Kier molecular flexibility index (Phi) is 6.52. The van der Waals surface area contributed by atoms with E-state index in [0.29, 0.717) is 13.0 Å². The number of hydrogen-bond acceptors (Lipinski definition) is 3. The van der Waals surface area contributed by atoms with Gasteiger partial charge in [0.25, 0.3) is 0 Å². The first-order valence-electron chi connectivity index (χ1n) is 7.16. The number of anilines is 1. The third-order valence-corrected chi connectivity index (χ3v) is 3.39. The van der Waals surface area contributed by atoms with Crippen LogP contribution in [0.15, 0.2) is 24.3 Å². The summed E-state index contributed by atoms with van der Waals surface area (Å²) in [5.74, 6) is 0.129. The Labute approximate surface area is 122 Å². The predicted octanol–water partition coefficient (Wildman–Crippen LogP) is 2.27. The van der Waals surface area contributed by atoms with Gasteiger partial charge in [-0.1, -0.05) is 19.1 Å². The third kappa shape index (κ3) is 4.85. The number of benzene rings is 1. The van der Waals surface area contributed by atoms with Crippen molar-refractivity contribution in [2.45, 2.75) is 25.8 Å². The van der Waals surface area contributed by atoms with Gasteiger partial charge in [0.1, 0.15) is 0 Å². The first kappa shape index (κ1) is 16.5. The summed E-state index contributed by atoms with van der Waals surface area (Å²) in [6.45, 7) is 2.66. The van der Waals surface area contributed by atoms with Crippen LogP contribution in [0.3, 0.4) is 0 Å². The topological polar surface area (TPSA) is 35.6 Å². The lowest BCUT2D eigenvalue weighted by Crippen LogP contribution is -2.34. The molecule has 1 rings (SSSR count). The number of nitrogens with zero attached hydrogens (tertiary/aromatic N) is 2. The molecule has 112 valence electrons. The maximum Gasteiger partial charge on any atom is 0.220 e. The van der Waals surface area contributed by atoms with Crippen molar-refractivity contribution in [2.24, 2.45) is 0 Å². The minimum absolute atomic E-state index is 0.129. The summed E-state index contributed by atoms with van der Waals surface area (Å²) in [6, 6.07) is 8.68. The molecular weight excluding hydrogens is 250 g/mol. The van der Waals surface area contributed by atoms with Crippen molar-refractivity contribution in [3.8, 4) is 0 Å². The van der Waals surface area contributed by atoms with Gasteiger partial charge in [-0.2, -0.15) is 0 Å². The van der Waals surface area contributed by atoms with Crippen LogP contribution in [-0.2, 0) is 4.79 Å². The van der Waals surface area contributed by atoms with E-state index in [2.05, 4.69) is 39.4 Å². The molecule has 0 heterocycles. The summed E-state index contributed by atoms with van der Waals surface area (Å²) >= 11 is 0. The molecule has 4 heteroatoms. The summed E-state index contributed by atoms with van der Waals surface area (Å²) in [6.07, 6.45) is 1.48. The molecule has 0 fully saturated rings. The maximum atomic E-state index is 11.6. The molecule has 0 aromatic heterocycles. The highest BCUT2D eigenvalue weighted by Gasteiger charge is 2.15. The van der Waals surface area contributed by atoms with Crippen molar-refractivity contribution in [1.29, 1.82) is 0 Å². The van der Waals surface area contributed by atoms with Gasteiger partial charge in [0.2, 0.25) is 5.91 Å². The minimum atomic E-state index is 0.129. The van der Waals surface area contributed by atoms with E-state index in [4.69, 9.17) is 0 Å². The number of likely N-dealkylation sites (N-methyl/N-ethyl adjacent to an activating group) is 1. The van der Waals surface area contributed by atoms with Gasteiger partial charge < -0.3 is 15.1 Å². The first-order chi connectivity index (χ1) is 9.45. The lowest BCUT2D eigenvalue weighted by atomic mass is 10.1. The van der Waals surface area contributed by atoms with Crippen LogP contribution in [0.25, 0.3) is 0 Å². The molecule has 0 aliphatic rings. The molecule has 1 N–H and O–H groups in total. The SMILES string of the molecule is CCCC(=O)NC[C@@H](c1ccc(N(C)C)cc1)N(C)C. The lowest BCUT2D eigenvalue weighted by molar-refractivity contribution is -0.121. The van der Waals surface area contributed by atoms with E-state index in [-0.39, 0.29) is 11.9 Å². The molecule has 0 aliphatic carbocycles. The van der Waals surface area contributed by atoms with Crippen molar-refractivity contribution >= 4 is 11.6 Å². The Hall–Kier alpha value is -1.55. The molecule has 0 saturated heterocycles. The average Bonchev–Trinajstić information content (AvgIpc) is 2.39. The van der Waals surface area contributed by atoms with Gasteiger partial charge in [-0.25, -0.2) is 0 Å². The fourth-order valence-electron chi connectivity index (χ4n) is 2.12. The zero-order chi connectivity index (χ0) is 15.1. The number of rotatable bonds is 7. The third-order valence-electron chi connectivity index (χ3n) is 3.39. The number of carbonyl (C=O) groups is 1. The van der Waals surface area contributed by atoms with Gasteiger partial charge in [0, 0.05) is 32.7 Å². The highest BCUT2D eigenvalue weighted by Crippen LogP contribution is 2.20. The van der Waals surface area contributed by atoms with E-state index in [0.717, 1.165) is 6.42 Å². The van der Waals surface area contributed by atoms with Crippen molar-refractivity contribution < 1.29 is 4.79 Å². The second kappa shape index (κ2) is 7.90. The van der Waals surface area contributed by atoms with E-state index >= 15 is 0 Å². The molecule has 0 aliphatic heterocycles. The van der Waals surface area contributed by atoms with Crippen molar-refractivity contribution in [2.75, 3.05) is 39.6 Å². The molecule has 0 unspecified atom stereocenters. The number of carbonyl (C=O) groups excluding carboxylic acids is 1. The molecule has 1 atom stereocenters. The highest BCUT2D eigenvalue weighted by atomic mass is 16.1. The van der Waals surface area contributed by atoms with Crippen LogP contribution < -0.4 is 10.2 Å². The number of hydrogen-bond donors (Lipinski definition) is 1. The Morgan fingerprint density at radius 3 is 2.20 bits per heavy atom. The van der Waals surface area contributed by atoms with Crippen LogP contribution in [0, 0.1) is 0 Å². The van der Waals surface area contributed by atoms with Crippen molar-refractivity contribution in [1.82, 2.24) is 10.2 Å². The second-order valence-corrected chi connectivity index (χ2v) is 5.52. The quantitative estimate of drug-likeness (QED) is 0.830. The van der Waals surface area contributed by atoms with Crippen LogP contribution in [0.4, 0.5) is 5.69 Å². The molecule has 4 nitrogen and oxygen atoms in total. The first-order valence-corrected chi connectivity index (χ1v) is 7.16. The largest absolute Gasteiger partial charge is 0.378 e. The summed E-state index contributed by atoms with van der Waals surface area (Å²) in [5.41, 5.74) is 2.40. The smallest absolute Gasteiger partial charge is 0.220 e. The Balaban J connectivity index is 2.73. The summed E-state index contributed by atoms with van der Waals surface area (Å²) < 4.78 is 0. The van der Waals surface area contributed by atoms with E-state index < -0.39 is 0 Å². The second-order valence-electron chi connectivity index (χ2n) is 5.52. The predicted molar refractivity (Wildman–Crippen MR) is 85.1 cm³/mol. The van der Waals surface area contributed by atoms with E-state index in [9.17, 15) is 4.79 Å². The summed E-state index contributed by atoms with van der Waals surface area (Å²) in [4.78, 5) is 15.8. The van der Waals surface area contributed by atoms with Gasteiger partial charge in [0.15, 0.2) is 0 Å². The van der Waals surface area contributed by atoms with Gasteiger partial charge in [-0.15, -0.1) is 0 Å². The van der Waals surface area contributed by atoms with Crippen LogP contribution in [-0.4, -0.2) is 45.5 Å².